The first kappa shape index (κ1) is 17.2. The zero-order valence-corrected chi connectivity index (χ0v) is 14.8. The van der Waals surface area contributed by atoms with Gasteiger partial charge in [-0.05, 0) is 37.7 Å². The van der Waals surface area contributed by atoms with E-state index in [4.69, 9.17) is 9.47 Å². The number of hydrogen-bond acceptors (Lipinski definition) is 3. The van der Waals surface area contributed by atoms with Crippen molar-refractivity contribution in [3.63, 3.8) is 0 Å². The van der Waals surface area contributed by atoms with E-state index < -0.39 is 0 Å². The topological polar surface area (TPSA) is 50.8 Å². The number of hydrogen-bond donors (Lipinski definition) is 1. The number of carbonyl (C=O) groups is 1. The Morgan fingerprint density at radius 1 is 1.50 bits per heavy atom. The number of benzene rings is 1. The Hall–Kier alpha value is -1.59. The number of methoxy groups -OCH3 is 1. The van der Waals surface area contributed by atoms with Gasteiger partial charge >= 0.3 is 6.03 Å². The van der Waals surface area contributed by atoms with Crippen LogP contribution in [-0.2, 0) is 9.47 Å². The highest BCUT2D eigenvalue weighted by Crippen LogP contribution is 2.49. The van der Waals surface area contributed by atoms with Gasteiger partial charge in [0.1, 0.15) is 0 Å². The zero-order valence-electron chi connectivity index (χ0n) is 14.8. The molecule has 5 heteroatoms. The highest BCUT2D eigenvalue weighted by atomic mass is 16.5. The van der Waals surface area contributed by atoms with Gasteiger partial charge in [0.15, 0.2) is 0 Å². The monoisotopic (exact) mass is 332 g/mol. The van der Waals surface area contributed by atoms with Crippen LogP contribution in [-0.4, -0.2) is 56.5 Å². The normalized spacial score (nSPS) is 27.6. The van der Waals surface area contributed by atoms with Crippen LogP contribution in [0.3, 0.4) is 0 Å². The molecule has 2 aliphatic rings. The van der Waals surface area contributed by atoms with E-state index in [1.54, 1.807) is 7.11 Å². The zero-order chi connectivity index (χ0) is 17.1. The van der Waals surface area contributed by atoms with E-state index in [1.807, 2.05) is 4.90 Å². The Labute approximate surface area is 144 Å². The fraction of sp³-hybridized carbons (Fsp3) is 0.632. The van der Waals surface area contributed by atoms with Crippen LogP contribution >= 0.6 is 0 Å². The van der Waals surface area contributed by atoms with Gasteiger partial charge in [-0.1, -0.05) is 29.8 Å². The van der Waals surface area contributed by atoms with Crippen molar-refractivity contribution in [3.8, 4) is 0 Å². The summed E-state index contributed by atoms with van der Waals surface area (Å²) in [6.45, 7) is 6.58. The molecule has 2 amide bonds. The van der Waals surface area contributed by atoms with E-state index in [9.17, 15) is 4.79 Å². The first-order chi connectivity index (χ1) is 11.6. The summed E-state index contributed by atoms with van der Waals surface area (Å²) in [6.07, 6.45) is 1.13. The van der Waals surface area contributed by atoms with Gasteiger partial charge in [-0.2, -0.15) is 0 Å². The SMILES string of the molecule is COCC1CN(C(=O)NC(C)C2CC2c2cccc(C)c2)CCO1. The number of amides is 2. The molecule has 24 heavy (non-hydrogen) atoms. The number of nitrogens with one attached hydrogen (secondary N) is 1. The minimum Gasteiger partial charge on any atom is -0.382 e. The van der Waals surface area contributed by atoms with Gasteiger partial charge in [-0.15, -0.1) is 0 Å². The molecule has 0 aromatic heterocycles. The molecule has 0 spiro atoms. The standard InChI is InChI=1S/C19H28N2O3/c1-13-5-4-6-15(9-13)18-10-17(18)14(2)20-19(22)21-7-8-24-16(11-21)12-23-3/h4-6,9,14,16-18H,7-8,10-12H2,1-3H3,(H,20,22). The number of morpholine rings is 1. The molecule has 1 aliphatic heterocycles. The summed E-state index contributed by atoms with van der Waals surface area (Å²) >= 11 is 0. The van der Waals surface area contributed by atoms with Gasteiger partial charge in [-0.3, -0.25) is 0 Å². The molecule has 2 fully saturated rings. The second-order valence-corrected chi connectivity index (χ2v) is 7.05. The lowest BCUT2D eigenvalue weighted by Crippen LogP contribution is -2.52. The molecule has 1 aliphatic carbocycles. The Morgan fingerprint density at radius 3 is 3.08 bits per heavy atom. The maximum Gasteiger partial charge on any atom is 0.317 e. The van der Waals surface area contributed by atoms with Gasteiger partial charge in [0.2, 0.25) is 0 Å². The quantitative estimate of drug-likeness (QED) is 0.901. The van der Waals surface area contributed by atoms with Crippen molar-refractivity contribution in [2.45, 2.75) is 38.3 Å². The summed E-state index contributed by atoms with van der Waals surface area (Å²) in [5.74, 6) is 1.11. The van der Waals surface area contributed by atoms with Gasteiger partial charge in [0.05, 0.1) is 25.9 Å². The van der Waals surface area contributed by atoms with E-state index >= 15 is 0 Å². The van der Waals surface area contributed by atoms with Crippen molar-refractivity contribution in [3.05, 3.63) is 35.4 Å². The first-order valence-corrected chi connectivity index (χ1v) is 8.81. The molecule has 1 N–H and O–H groups in total. The average Bonchev–Trinajstić information content (AvgIpc) is 3.36. The average molecular weight is 332 g/mol. The maximum absolute atomic E-state index is 12.5. The second kappa shape index (κ2) is 7.53. The maximum atomic E-state index is 12.5. The van der Waals surface area contributed by atoms with E-state index in [0.717, 1.165) is 6.42 Å². The Kier molecular flexibility index (Phi) is 5.41. The van der Waals surface area contributed by atoms with Gasteiger partial charge in [-0.25, -0.2) is 4.79 Å². The summed E-state index contributed by atoms with van der Waals surface area (Å²) in [7, 11) is 1.66. The third-order valence-electron chi connectivity index (χ3n) is 5.08. The van der Waals surface area contributed by atoms with Gasteiger partial charge in [0.25, 0.3) is 0 Å². The fourth-order valence-electron chi connectivity index (χ4n) is 3.63. The Balaban J connectivity index is 1.50. The van der Waals surface area contributed by atoms with Gasteiger partial charge < -0.3 is 19.7 Å². The largest absolute Gasteiger partial charge is 0.382 e. The second-order valence-electron chi connectivity index (χ2n) is 7.05. The van der Waals surface area contributed by atoms with Crippen molar-refractivity contribution in [1.82, 2.24) is 10.2 Å². The minimum atomic E-state index is -0.0224. The number of ether oxygens (including phenoxy) is 2. The molecule has 1 aromatic carbocycles. The summed E-state index contributed by atoms with van der Waals surface area (Å²) in [5, 5.41) is 3.18. The molecule has 132 valence electrons. The summed E-state index contributed by atoms with van der Waals surface area (Å²) in [4.78, 5) is 14.3. The molecule has 1 saturated heterocycles. The van der Waals surface area contributed by atoms with Crippen molar-refractivity contribution >= 4 is 6.03 Å². The van der Waals surface area contributed by atoms with Crippen LogP contribution in [0, 0.1) is 12.8 Å². The number of rotatable bonds is 5. The third kappa shape index (κ3) is 4.08. The van der Waals surface area contributed by atoms with Crippen LogP contribution in [0.1, 0.15) is 30.4 Å². The molecule has 1 aromatic rings. The molecule has 3 rings (SSSR count). The predicted molar refractivity (Wildman–Crippen MR) is 93.2 cm³/mol. The van der Waals surface area contributed by atoms with Crippen LogP contribution in [0.2, 0.25) is 0 Å². The summed E-state index contributed by atoms with van der Waals surface area (Å²) in [6, 6.07) is 8.90. The Morgan fingerprint density at radius 2 is 2.33 bits per heavy atom. The van der Waals surface area contributed by atoms with Crippen LogP contribution in [0.4, 0.5) is 4.79 Å². The molecule has 0 radical (unpaired) electrons. The Bertz CT molecular complexity index is 575. The molecular weight excluding hydrogens is 304 g/mol. The summed E-state index contributed by atoms with van der Waals surface area (Å²) in [5.41, 5.74) is 2.69. The number of aryl methyl sites for hydroxylation is 1. The predicted octanol–water partition coefficient (Wildman–Crippen LogP) is 2.54. The highest BCUT2D eigenvalue weighted by molar-refractivity contribution is 5.74. The summed E-state index contributed by atoms with van der Waals surface area (Å²) < 4.78 is 10.7. The number of urea groups is 1. The van der Waals surface area contributed by atoms with Crippen LogP contribution in [0.25, 0.3) is 0 Å². The van der Waals surface area contributed by atoms with Crippen molar-refractivity contribution < 1.29 is 14.3 Å². The van der Waals surface area contributed by atoms with Crippen molar-refractivity contribution in [2.24, 2.45) is 5.92 Å². The van der Waals surface area contributed by atoms with E-state index in [1.165, 1.54) is 11.1 Å². The lowest BCUT2D eigenvalue weighted by molar-refractivity contribution is -0.0496. The molecule has 4 atom stereocenters. The third-order valence-corrected chi connectivity index (χ3v) is 5.08. The van der Waals surface area contributed by atoms with Crippen LogP contribution in [0.5, 0.6) is 0 Å². The molecule has 0 bridgehead atoms. The first-order valence-electron chi connectivity index (χ1n) is 8.81. The number of carbonyl (C=O) groups excluding carboxylic acids is 1. The van der Waals surface area contributed by atoms with Crippen LogP contribution in [0.15, 0.2) is 24.3 Å². The van der Waals surface area contributed by atoms with Crippen molar-refractivity contribution in [1.29, 1.82) is 0 Å². The fourth-order valence-corrected chi connectivity index (χ4v) is 3.63. The molecule has 1 saturated carbocycles. The lowest BCUT2D eigenvalue weighted by atomic mass is 10.0. The molecule has 1 heterocycles. The highest BCUT2D eigenvalue weighted by Gasteiger charge is 2.43. The lowest BCUT2D eigenvalue weighted by Gasteiger charge is -2.33. The van der Waals surface area contributed by atoms with E-state index in [-0.39, 0.29) is 18.2 Å². The molecule has 5 nitrogen and oxygen atoms in total. The van der Waals surface area contributed by atoms with Gasteiger partial charge in [0, 0.05) is 19.7 Å². The molecule has 4 unspecified atom stereocenters. The number of nitrogens with zero attached hydrogens (tertiary/aromatic N) is 1. The van der Waals surface area contributed by atoms with Crippen LogP contribution < -0.4 is 5.32 Å². The van der Waals surface area contributed by atoms with E-state index in [2.05, 4.69) is 43.4 Å². The molecular formula is C19H28N2O3. The van der Waals surface area contributed by atoms with Crippen molar-refractivity contribution in [2.75, 3.05) is 33.4 Å². The smallest absolute Gasteiger partial charge is 0.317 e. The van der Waals surface area contributed by atoms with E-state index in [0.29, 0.717) is 38.1 Å². The minimum absolute atomic E-state index is 0.0156.